The number of alkyl halides is 3. The second kappa shape index (κ2) is 7.14. The molecule has 9 heteroatoms. The molecule has 2 rings (SSSR count). The van der Waals surface area contributed by atoms with E-state index in [4.69, 9.17) is 5.11 Å². The number of aliphatic carboxylic acids is 1. The van der Waals surface area contributed by atoms with Gasteiger partial charge in [-0.25, -0.2) is 8.42 Å². The van der Waals surface area contributed by atoms with Crippen molar-refractivity contribution in [3.8, 4) is 0 Å². The summed E-state index contributed by atoms with van der Waals surface area (Å²) < 4.78 is 64.9. The highest BCUT2D eigenvalue weighted by atomic mass is 32.2. The molecule has 25 heavy (non-hydrogen) atoms. The van der Waals surface area contributed by atoms with Crippen molar-refractivity contribution < 1.29 is 31.5 Å². The van der Waals surface area contributed by atoms with Crippen LogP contribution in [0, 0.1) is 0 Å². The van der Waals surface area contributed by atoms with Crippen LogP contribution in [0.25, 0.3) is 0 Å². The lowest BCUT2D eigenvalue weighted by Gasteiger charge is -2.24. The van der Waals surface area contributed by atoms with Crippen molar-refractivity contribution in [2.75, 3.05) is 10.8 Å². The van der Waals surface area contributed by atoms with Crippen molar-refractivity contribution in [1.29, 1.82) is 0 Å². The summed E-state index contributed by atoms with van der Waals surface area (Å²) in [5.74, 6) is -1.26. The molecular weight excluding hydrogens is 359 g/mol. The van der Waals surface area contributed by atoms with E-state index in [9.17, 15) is 26.4 Å². The molecule has 0 saturated carbocycles. The Morgan fingerprint density at radius 2 is 1.68 bits per heavy atom. The van der Waals surface area contributed by atoms with E-state index in [2.05, 4.69) is 0 Å². The molecule has 0 radical (unpaired) electrons. The first-order chi connectivity index (χ1) is 11.6. The maximum atomic E-state index is 12.9. The summed E-state index contributed by atoms with van der Waals surface area (Å²) in [6.45, 7) is -0.492. The van der Waals surface area contributed by atoms with Crippen LogP contribution < -0.4 is 4.31 Å². The quantitative estimate of drug-likeness (QED) is 0.842. The van der Waals surface area contributed by atoms with Gasteiger partial charge in [-0.2, -0.15) is 13.2 Å². The third kappa shape index (κ3) is 4.50. The van der Waals surface area contributed by atoms with E-state index in [1.165, 1.54) is 30.3 Å². The van der Waals surface area contributed by atoms with Gasteiger partial charge in [-0.15, -0.1) is 0 Å². The number of carbonyl (C=O) groups is 1. The topological polar surface area (TPSA) is 74.7 Å². The first-order valence-electron chi connectivity index (χ1n) is 7.09. The highest BCUT2D eigenvalue weighted by Gasteiger charge is 2.32. The zero-order valence-corrected chi connectivity index (χ0v) is 13.6. The summed E-state index contributed by atoms with van der Waals surface area (Å²) >= 11 is 0. The normalized spacial score (nSPS) is 12.0. The van der Waals surface area contributed by atoms with Crippen molar-refractivity contribution in [3.63, 3.8) is 0 Å². The average Bonchev–Trinajstić information content (AvgIpc) is 2.55. The van der Waals surface area contributed by atoms with Crippen molar-refractivity contribution in [1.82, 2.24) is 0 Å². The van der Waals surface area contributed by atoms with Gasteiger partial charge in [0.05, 0.1) is 22.6 Å². The lowest BCUT2D eigenvalue weighted by atomic mass is 10.2. The molecule has 0 spiro atoms. The fraction of sp³-hybridized carbons (Fsp3) is 0.188. The maximum Gasteiger partial charge on any atom is 0.416 e. The second-order valence-corrected chi connectivity index (χ2v) is 6.94. The predicted molar refractivity (Wildman–Crippen MR) is 84.7 cm³/mol. The van der Waals surface area contributed by atoms with Crippen LogP contribution in [-0.4, -0.2) is 26.0 Å². The Morgan fingerprint density at radius 3 is 2.24 bits per heavy atom. The predicted octanol–water partition coefficient (Wildman–Crippen LogP) is 3.38. The van der Waals surface area contributed by atoms with Gasteiger partial charge in [-0.05, 0) is 30.3 Å². The number of rotatable bonds is 6. The molecule has 0 bridgehead atoms. The summed E-state index contributed by atoms with van der Waals surface area (Å²) in [5.41, 5.74) is -1.27. The molecule has 2 aromatic rings. The SMILES string of the molecule is O=C(O)CCN(c1cccc(C(F)(F)F)c1)S(=O)(=O)c1ccccc1. The third-order valence-electron chi connectivity index (χ3n) is 3.32. The van der Waals surface area contributed by atoms with E-state index in [-0.39, 0.29) is 10.6 Å². The van der Waals surface area contributed by atoms with Gasteiger partial charge in [-0.1, -0.05) is 24.3 Å². The molecule has 0 saturated heterocycles. The Kier molecular flexibility index (Phi) is 5.36. The fourth-order valence-corrected chi connectivity index (χ4v) is 3.62. The molecule has 1 N–H and O–H groups in total. The van der Waals surface area contributed by atoms with Gasteiger partial charge in [0.15, 0.2) is 0 Å². The molecule has 0 fully saturated rings. The van der Waals surface area contributed by atoms with Crippen molar-refractivity contribution in [2.45, 2.75) is 17.5 Å². The van der Waals surface area contributed by atoms with Crippen LogP contribution in [0.5, 0.6) is 0 Å². The Morgan fingerprint density at radius 1 is 1.04 bits per heavy atom. The van der Waals surface area contributed by atoms with Crippen molar-refractivity contribution >= 4 is 21.7 Å². The number of halogens is 3. The van der Waals surface area contributed by atoms with Gasteiger partial charge in [0.2, 0.25) is 0 Å². The molecule has 0 aromatic heterocycles. The highest BCUT2D eigenvalue weighted by Crippen LogP contribution is 2.33. The lowest BCUT2D eigenvalue weighted by molar-refractivity contribution is -0.138. The molecule has 0 aliphatic rings. The van der Waals surface area contributed by atoms with E-state index >= 15 is 0 Å². The van der Waals surface area contributed by atoms with Gasteiger partial charge in [0, 0.05) is 6.54 Å². The van der Waals surface area contributed by atoms with E-state index in [1.807, 2.05) is 0 Å². The highest BCUT2D eigenvalue weighted by molar-refractivity contribution is 7.92. The maximum absolute atomic E-state index is 12.9. The number of carboxylic acids is 1. The van der Waals surface area contributed by atoms with Gasteiger partial charge < -0.3 is 5.11 Å². The summed E-state index contributed by atoms with van der Waals surface area (Å²) in [4.78, 5) is 10.7. The van der Waals surface area contributed by atoms with Crippen molar-refractivity contribution in [2.24, 2.45) is 0 Å². The van der Waals surface area contributed by atoms with Crippen LogP contribution >= 0.6 is 0 Å². The minimum Gasteiger partial charge on any atom is -0.481 e. The number of hydrogen-bond donors (Lipinski definition) is 1. The van der Waals surface area contributed by atoms with Crippen LogP contribution in [-0.2, 0) is 21.0 Å². The number of anilines is 1. The Hall–Kier alpha value is -2.55. The van der Waals surface area contributed by atoms with Gasteiger partial charge in [0.25, 0.3) is 10.0 Å². The van der Waals surface area contributed by atoms with Crippen LogP contribution in [0.15, 0.2) is 59.5 Å². The average molecular weight is 373 g/mol. The number of nitrogens with zero attached hydrogens (tertiary/aromatic N) is 1. The van der Waals surface area contributed by atoms with Crippen LogP contribution in [0.1, 0.15) is 12.0 Å². The molecule has 0 unspecified atom stereocenters. The van der Waals surface area contributed by atoms with E-state index < -0.39 is 40.7 Å². The fourth-order valence-electron chi connectivity index (χ4n) is 2.14. The smallest absolute Gasteiger partial charge is 0.416 e. The third-order valence-corrected chi connectivity index (χ3v) is 5.16. The zero-order valence-electron chi connectivity index (χ0n) is 12.8. The summed E-state index contributed by atoms with van der Waals surface area (Å²) in [7, 11) is -4.21. The van der Waals surface area contributed by atoms with Crippen LogP contribution in [0.4, 0.5) is 18.9 Å². The number of hydrogen-bond acceptors (Lipinski definition) is 3. The van der Waals surface area contributed by atoms with Crippen molar-refractivity contribution in [3.05, 3.63) is 60.2 Å². The van der Waals surface area contributed by atoms with E-state index in [1.54, 1.807) is 6.07 Å². The Bertz CT molecular complexity index is 851. The number of sulfonamides is 1. The van der Waals surface area contributed by atoms with Gasteiger partial charge in [0.1, 0.15) is 0 Å². The minimum absolute atomic E-state index is 0.141. The molecule has 0 aliphatic carbocycles. The molecule has 5 nitrogen and oxygen atoms in total. The summed E-state index contributed by atoms with van der Waals surface area (Å²) in [6, 6.07) is 10.9. The first-order valence-corrected chi connectivity index (χ1v) is 8.53. The number of carboxylic acid groups (broad SMARTS) is 1. The molecule has 0 atom stereocenters. The van der Waals surface area contributed by atoms with E-state index in [0.29, 0.717) is 10.4 Å². The second-order valence-electron chi connectivity index (χ2n) is 5.08. The Labute approximate surface area is 142 Å². The summed E-state index contributed by atoms with van der Waals surface area (Å²) in [6.07, 6.45) is -5.20. The summed E-state index contributed by atoms with van der Waals surface area (Å²) in [5, 5.41) is 8.83. The zero-order chi connectivity index (χ0) is 18.7. The van der Waals surface area contributed by atoms with E-state index in [0.717, 1.165) is 12.1 Å². The first kappa shape index (κ1) is 18.8. The molecule has 2 aromatic carbocycles. The molecule has 0 heterocycles. The molecule has 134 valence electrons. The molecular formula is C16H14F3NO4S. The molecule has 0 aliphatic heterocycles. The van der Waals surface area contributed by atoms with Crippen LogP contribution in [0.3, 0.4) is 0 Å². The van der Waals surface area contributed by atoms with Gasteiger partial charge >= 0.3 is 12.1 Å². The number of benzene rings is 2. The lowest BCUT2D eigenvalue weighted by Crippen LogP contribution is -2.33. The van der Waals surface area contributed by atoms with Gasteiger partial charge in [-0.3, -0.25) is 9.10 Å². The van der Waals surface area contributed by atoms with Crippen LogP contribution in [0.2, 0.25) is 0 Å². The largest absolute Gasteiger partial charge is 0.481 e. The molecule has 0 amide bonds. The monoisotopic (exact) mass is 373 g/mol. The minimum atomic E-state index is -4.65. The Balaban J connectivity index is 2.52. The standard InChI is InChI=1S/C16H14F3NO4S/c17-16(18,19)12-5-4-6-13(11-12)20(10-9-15(21)22)25(23,24)14-7-2-1-3-8-14/h1-8,11H,9-10H2,(H,21,22).